The van der Waals surface area contributed by atoms with Crippen molar-refractivity contribution in [3.05, 3.63) is 65.4 Å². The number of nitrogens with one attached hydrogen (secondary N) is 2. The maximum Gasteiger partial charge on any atom is 0.326 e. The molecule has 0 aliphatic carbocycles. The lowest BCUT2D eigenvalue weighted by atomic mass is 10.1. The highest BCUT2D eigenvalue weighted by atomic mass is 32.2. The minimum atomic E-state index is -1.09. The molecule has 0 spiro atoms. The molecule has 0 bridgehead atoms. The molecule has 3 N–H and O–H groups in total. The molecule has 0 radical (unpaired) electrons. The lowest BCUT2D eigenvalue weighted by Gasteiger charge is -2.13. The molecule has 1 amide bonds. The molecule has 8 nitrogen and oxygen atoms in total. The second kappa shape index (κ2) is 9.27. The van der Waals surface area contributed by atoms with Crippen LogP contribution < -0.4 is 5.32 Å². The van der Waals surface area contributed by atoms with Crippen LogP contribution in [0.5, 0.6) is 0 Å². The van der Waals surface area contributed by atoms with E-state index in [1.807, 2.05) is 56.3 Å². The van der Waals surface area contributed by atoms with E-state index in [0.717, 1.165) is 39.4 Å². The number of carbonyl (C=O) groups is 2. The lowest BCUT2D eigenvalue weighted by Crippen LogP contribution is -2.43. The molecule has 0 saturated carbocycles. The predicted molar refractivity (Wildman–Crippen MR) is 122 cm³/mol. The highest BCUT2D eigenvalue weighted by Crippen LogP contribution is 2.25. The van der Waals surface area contributed by atoms with Gasteiger partial charge in [0.1, 0.15) is 6.04 Å². The number of amides is 1. The summed E-state index contributed by atoms with van der Waals surface area (Å²) >= 11 is 1.06. The number of carboxylic acid groups (broad SMARTS) is 1. The van der Waals surface area contributed by atoms with Gasteiger partial charge in [-0.25, -0.2) is 4.79 Å². The zero-order chi connectivity index (χ0) is 22.7. The number of carboxylic acids is 1. The van der Waals surface area contributed by atoms with Crippen LogP contribution in [0.4, 0.5) is 0 Å². The molecular formula is C23H22N4O4S. The standard InChI is InChI=1S/C23H22N4O4S/c1-13-7-8-15(9-14(13)2)21-26-27-23(31-21)32-12-20(28)25-19(22(29)30)10-16-11-24-18-6-4-3-5-17(16)18/h3-9,11,19,24H,10,12H2,1-2H3,(H,25,28)(H,29,30)/t19-/m1/s1. The average Bonchev–Trinajstić information content (AvgIpc) is 3.41. The fourth-order valence-electron chi connectivity index (χ4n) is 3.34. The number of aryl methyl sites for hydroxylation is 2. The van der Waals surface area contributed by atoms with E-state index < -0.39 is 17.9 Å². The Kier molecular flexibility index (Phi) is 6.27. The monoisotopic (exact) mass is 450 g/mol. The number of thioether (sulfide) groups is 1. The number of hydrogen-bond acceptors (Lipinski definition) is 6. The van der Waals surface area contributed by atoms with E-state index in [1.165, 1.54) is 5.56 Å². The number of fused-ring (bicyclic) bond motifs is 1. The Bertz CT molecular complexity index is 1280. The number of para-hydroxylation sites is 1. The summed E-state index contributed by atoms with van der Waals surface area (Å²) in [7, 11) is 0. The topological polar surface area (TPSA) is 121 Å². The Morgan fingerprint density at radius 2 is 1.97 bits per heavy atom. The first-order chi connectivity index (χ1) is 15.4. The van der Waals surface area contributed by atoms with E-state index >= 15 is 0 Å². The van der Waals surface area contributed by atoms with Crippen molar-refractivity contribution in [3.8, 4) is 11.5 Å². The van der Waals surface area contributed by atoms with Gasteiger partial charge in [-0.3, -0.25) is 4.79 Å². The van der Waals surface area contributed by atoms with Crippen LogP contribution in [0.25, 0.3) is 22.4 Å². The van der Waals surface area contributed by atoms with Crippen molar-refractivity contribution in [2.45, 2.75) is 31.5 Å². The van der Waals surface area contributed by atoms with Gasteiger partial charge < -0.3 is 19.8 Å². The van der Waals surface area contributed by atoms with Gasteiger partial charge in [-0.2, -0.15) is 0 Å². The van der Waals surface area contributed by atoms with E-state index in [0.29, 0.717) is 5.89 Å². The van der Waals surface area contributed by atoms with Gasteiger partial charge in [0.2, 0.25) is 11.8 Å². The number of carbonyl (C=O) groups excluding carboxylic acids is 1. The smallest absolute Gasteiger partial charge is 0.326 e. The zero-order valence-electron chi connectivity index (χ0n) is 17.6. The lowest BCUT2D eigenvalue weighted by molar-refractivity contribution is -0.141. The largest absolute Gasteiger partial charge is 0.480 e. The predicted octanol–water partition coefficient (Wildman–Crippen LogP) is 3.74. The van der Waals surface area contributed by atoms with Crippen LogP contribution in [0.3, 0.4) is 0 Å². The van der Waals surface area contributed by atoms with E-state index in [4.69, 9.17) is 4.42 Å². The number of rotatable bonds is 8. The van der Waals surface area contributed by atoms with Gasteiger partial charge in [-0.05, 0) is 48.7 Å². The molecule has 4 rings (SSSR count). The summed E-state index contributed by atoms with van der Waals surface area (Å²) in [5.41, 5.74) is 4.84. The zero-order valence-corrected chi connectivity index (χ0v) is 18.4. The molecule has 2 aromatic carbocycles. The van der Waals surface area contributed by atoms with Crippen LogP contribution in [-0.4, -0.2) is 44.0 Å². The Hall–Kier alpha value is -3.59. The normalized spacial score (nSPS) is 12.1. The van der Waals surface area contributed by atoms with Crippen molar-refractivity contribution < 1.29 is 19.1 Å². The van der Waals surface area contributed by atoms with Gasteiger partial charge in [0, 0.05) is 29.1 Å². The maximum absolute atomic E-state index is 12.4. The Morgan fingerprint density at radius 3 is 2.75 bits per heavy atom. The molecule has 0 aliphatic heterocycles. The van der Waals surface area contributed by atoms with E-state index in [2.05, 4.69) is 20.5 Å². The number of H-pyrrole nitrogens is 1. The van der Waals surface area contributed by atoms with Gasteiger partial charge in [-0.1, -0.05) is 36.0 Å². The summed E-state index contributed by atoms with van der Waals surface area (Å²) in [6.07, 6.45) is 1.95. The number of aromatic nitrogens is 3. The van der Waals surface area contributed by atoms with E-state index in [-0.39, 0.29) is 17.4 Å². The number of nitrogens with zero attached hydrogens (tertiary/aromatic N) is 2. The van der Waals surface area contributed by atoms with Gasteiger partial charge in [0.05, 0.1) is 5.75 Å². The second-order valence-electron chi connectivity index (χ2n) is 7.48. The van der Waals surface area contributed by atoms with Gasteiger partial charge in [-0.15, -0.1) is 10.2 Å². The van der Waals surface area contributed by atoms with Crippen molar-refractivity contribution in [2.24, 2.45) is 0 Å². The first-order valence-corrected chi connectivity index (χ1v) is 11.0. The third-order valence-electron chi connectivity index (χ3n) is 5.22. The molecule has 4 aromatic rings. The third kappa shape index (κ3) is 4.83. The molecule has 164 valence electrons. The highest BCUT2D eigenvalue weighted by molar-refractivity contribution is 7.99. The molecule has 2 heterocycles. The van der Waals surface area contributed by atoms with Crippen molar-refractivity contribution in [3.63, 3.8) is 0 Å². The number of hydrogen-bond donors (Lipinski definition) is 3. The van der Waals surface area contributed by atoms with Crippen molar-refractivity contribution >= 4 is 34.5 Å². The van der Waals surface area contributed by atoms with Gasteiger partial charge in [0.15, 0.2) is 0 Å². The quantitative estimate of drug-likeness (QED) is 0.350. The van der Waals surface area contributed by atoms with Crippen molar-refractivity contribution in [2.75, 3.05) is 5.75 Å². The third-order valence-corrected chi connectivity index (χ3v) is 6.04. The fraction of sp³-hybridized carbons (Fsp3) is 0.217. The first-order valence-electron chi connectivity index (χ1n) is 10.0. The first kappa shape index (κ1) is 21.6. The minimum Gasteiger partial charge on any atom is -0.480 e. The van der Waals surface area contributed by atoms with Gasteiger partial charge >= 0.3 is 5.97 Å². The summed E-state index contributed by atoms with van der Waals surface area (Å²) in [6, 6.07) is 12.4. The van der Waals surface area contributed by atoms with Crippen LogP contribution >= 0.6 is 11.8 Å². The summed E-state index contributed by atoms with van der Waals surface area (Å²) < 4.78 is 5.64. The maximum atomic E-state index is 12.4. The fourth-order valence-corrected chi connectivity index (χ4v) is 3.92. The van der Waals surface area contributed by atoms with Gasteiger partial charge in [0.25, 0.3) is 5.22 Å². The molecule has 0 unspecified atom stereocenters. The van der Waals surface area contributed by atoms with E-state index in [1.54, 1.807) is 6.20 Å². The summed E-state index contributed by atoms with van der Waals surface area (Å²) in [5.74, 6) is -1.18. The van der Waals surface area contributed by atoms with Crippen LogP contribution in [0.1, 0.15) is 16.7 Å². The van der Waals surface area contributed by atoms with Crippen LogP contribution in [0.15, 0.2) is 58.3 Å². The number of aromatic amines is 1. The van der Waals surface area contributed by atoms with Crippen molar-refractivity contribution in [1.82, 2.24) is 20.5 Å². The van der Waals surface area contributed by atoms with E-state index in [9.17, 15) is 14.7 Å². The SMILES string of the molecule is Cc1ccc(-c2nnc(SCC(=O)N[C@H](Cc3c[nH]c4ccccc34)C(=O)O)o2)cc1C. The molecule has 0 saturated heterocycles. The molecule has 1 atom stereocenters. The molecule has 9 heteroatoms. The highest BCUT2D eigenvalue weighted by Gasteiger charge is 2.22. The van der Waals surface area contributed by atoms with Crippen LogP contribution in [0, 0.1) is 13.8 Å². The Balaban J connectivity index is 1.36. The molecule has 0 fully saturated rings. The Morgan fingerprint density at radius 1 is 1.16 bits per heavy atom. The molecular weight excluding hydrogens is 428 g/mol. The molecule has 0 aliphatic rings. The minimum absolute atomic E-state index is 0.0355. The molecule has 32 heavy (non-hydrogen) atoms. The van der Waals surface area contributed by atoms with Crippen LogP contribution in [-0.2, 0) is 16.0 Å². The summed E-state index contributed by atoms with van der Waals surface area (Å²) in [5, 5.41) is 21.3. The average molecular weight is 451 g/mol. The summed E-state index contributed by atoms with van der Waals surface area (Å²) in [6.45, 7) is 4.03. The Labute approximate surface area is 188 Å². The number of aliphatic carboxylic acids is 1. The van der Waals surface area contributed by atoms with Crippen molar-refractivity contribution in [1.29, 1.82) is 0 Å². The second-order valence-corrected chi connectivity index (χ2v) is 8.41. The summed E-state index contributed by atoms with van der Waals surface area (Å²) in [4.78, 5) is 27.2. The van der Waals surface area contributed by atoms with Crippen LogP contribution in [0.2, 0.25) is 0 Å². The number of benzene rings is 2. The molecule has 2 aromatic heterocycles.